The molecule has 0 radical (unpaired) electrons. The fourth-order valence-corrected chi connectivity index (χ4v) is 3.51. The number of ether oxygens (including phenoxy) is 1. The quantitative estimate of drug-likeness (QED) is 0.383. The van der Waals surface area contributed by atoms with Crippen LogP contribution in [0.15, 0.2) is 36.5 Å². The van der Waals surface area contributed by atoms with E-state index in [4.69, 9.17) is 20.7 Å². The number of hydrogen-bond acceptors (Lipinski definition) is 5. The normalized spacial score (nSPS) is 13.2. The summed E-state index contributed by atoms with van der Waals surface area (Å²) in [5.41, 5.74) is 7.60. The molecule has 0 amide bonds. The maximum absolute atomic E-state index is 8.48. The summed E-state index contributed by atoms with van der Waals surface area (Å²) < 4.78 is 5.65. The lowest BCUT2D eigenvalue weighted by Crippen LogP contribution is -2.20. The number of aliphatic hydroxyl groups is 2. The third-order valence-electron chi connectivity index (χ3n) is 5.09. The van der Waals surface area contributed by atoms with Crippen molar-refractivity contribution in [2.24, 2.45) is 5.73 Å². The predicted molar refractivity (Wildman–Crippen MR) is 132 cm³/mol. The Morgan fingerprint density at radius 1 is 1.00 bits per heavy atom. The van der Waals surface area contributed by atoms with E-state index < -0.39 is 0 Å². The summed E-state index contributed by atoms with van der Waals surface area (Å²) in [4.78, 5) is 2.58. The zero-order chi connectivity index (χ0) is 23.3. The van der Waals surface area contributed by atoms with Gasteiger partial charge in [-0.2, -0.15) is 0 Å². The van der Waals surface area contributed by atoms with Crippen LogP contribution in [0.1, 0.15) is 77.2 Å². The molecule has 1 aliphatic rings. The Kier molecular flexibility index (Phi) is 19.3. The number of likely N-dealkylation sites (tertiary alicyclic amines) is 1. The van der Waals surface area contributed by atoms with Crippen molar-refractivity contribution in [3.63, 3.8) is 0 Å². The van der Waals surface area contributed by atoms with Gasteiger partial charge in [0, 0.05) is 19.4 Å². The molecule has 0 spiro atoms. The maximum Gasteiger partial charge on any atom is 0.119 e. The minimum Gasteiger partial charge on any atom is -0.491 e. The van der Waals surface area contributed by atoms with Gasteiger partial charge in [0.25, 0.3) is 0 Å². The molecule has 1 aliphatic heterocycles. The molecule has 2 rings (SSSR count). The van der Waals surface area contributed by atoms with Crippen LogP contribution in [0.3, 0.4) is 0 Å². The molecule has 0 saturated carbocycles. The van der Waals surface area contributed by atoms with E-state index in [1.807, 2.05) is 0 Å². The number of hydrogen-bond donors (Lipinski definition) is 3. The van der Waals surface area contributed by atoms with Crippen LogP contribution in [0.25, 0.3) is 0 Å². The van der Waals surface area contributed by atoms with Gasteiger partial charge in [-0.25, -0.2) is 0 Å². The Labute approximate surface area is 191 Å². The van der Waals surface area contributed by atoms with Crippen LogP contribution in [0, 0.1) is 0 Å². The maximum atomic E-state index is 8.48. The first kappa shape index (κ1) is 29.4. The Hall–Kier alpha value is -1.56. The molecular formula is C26H48N2O3. The van der Waals surface area contributed by atoms with Gasteiger partial charge >= 0.3 is 0 Å². The molecule has 0 aliphatic carbocycles. The SMILES string of the molecule is C=C(N)CCCCCCCO.CC(C)Oc1ccc(CCCN2CCCC2)cc1.CO. The van der Waals surface area contributed by atoms with Crippen molar-refractivity contribution in [2.45, 2.75) is 84.2 Å². The number of aliphatic hydroxyl groups excluding tert-OH is 2. The predicted octanol–water partition coefficient (Wildman–Crippen LogP) is 4.90. The summed E-state index contributed by atoms with van der Waals surface area (Å²) in [5.74, 6) is 0.980. The molecule has 1 aromatic carbocycles. The summed E-state index contributed by atoms with van der Waals surface area (Å²) in [6, 6.07) is 8.57. The van der Waals surface area contributed by atoms with Gasteiger partial charge in [0.15, 0.2) is 0 Å². The Balaban J connectivity index is 0.000000599. The number of benzene rings is 1. The fourth-order valence-electron chi connectivity index (χ4n) is 3.51. The number of unbranched alkanes of at least 4 members (excludes halogenated alkanes) is 4. The molecule has 1 aromatic rings. The number of nitrogens with two attached hydrogens (primary N) is 1. The molecule has 1 fully saturated rings. The van der Waals surface area contributed by atoms with Gasteiger partial charge in [0.05, 0.1) is 6.10 Å². The molecule has 0 bridgehead atoms. The average Bonchev–Trinajstić information content (AvgIpc) is 3.27. The molecule has 31 heavy (non-hydrogen) atoms. The van der Waals surface area contributed by atoms with E-state index in [0.717, 1.165) is 44.2 Å². The van der Waals surface area contributed by atoms with E-state index in [1.165, 1.54) is 63.7 Å². The number of allylic oxidation sites excluding steroid dienone is 1. The summed E-state index contributed by atoms with van der Waals surface area (Å²) in [5, 5.41) is 15.5. The highest BCUT2D eigenvalue weighted by Gasteiger charge is 2.10. The van der Waals surface area contributed by atoms with Gasteiger partial charge in [-0.1, -0.05) is 38.0 Å². The lowest BCUT2D eigenvalue weighted by atomic mass is 10.1. The molecule has 5 nitrogen and oxygen atoms in total. The van der Waals surface area contributed by atoms with Crippen molar-refractivity contribution in [1.82, 2.24) is 4.90 Å². The Morgan fingerprint density at radius 2 is 1.58 bits per heavy atom. The standard InChI is InChI=1S/C16H25NO.C9H19NO.CH4O/c1-14(2)18-16-9-7-15(8-10-16)6-5-13-17-11-3-4-12-17;1-9(10)7-5-3-2-4-6-8-11;1-2/h7-10,14H,3-6,11-13H2,1-2H3;11H,1-8,10H2;2H,1H3. The first-order valence-corrected chi connectivity index (χ1v) is 12.0. The summed E-state index contributed by atoms with van der Waals surface area (Å²) in [7, 11) is 1.00. The molecule has 0 atom stereocenters. The van der Waals surface area contributed by atoms with E-state index >= 15 is 0 Å². The van der Waals surface area contributed by atoms with Crippen molar-refractivity contribution in [1.29, 1.82) is 0 Å². The third kappa shape index (κ3) is 17.8. The van der Waals surface area contributed by atoms with Crippen molar-refractivity contribution in [3.8, 4) is 5.75 Å². The molecule has 4 N–H and O–H groups in total. The minimum absolute atomic E-state index is 0.256. The van der Waals surface area contributed by atoms with Crippen LogP contribution in [-0.2, 0) is 6.42 Å². The molecule has 180 valence electrons. The summed E-state index contributed by atoms with van der Waals surface area (Å²) >= 11 is 0. The highest BCUT2D eigenvalue weighted by Crippen LogP contribution is 2.15. The summed E-state index contributed by atoms with van der Waals surface area (Å²) in [6.45, 7) is 11.9. The number of rotatable bonds is 13. The van der Waals surface area contributed by atoms with Crippen molar-refractivity contribution >= 4 is 0 Å². The van der Waals surface area contributed by atoms with E-state index in [0.29, 0.717) is 6.61 Å². The average molecular weight is 437 g/mol. The van der Waals surface area contributed by atoms with Gasteiger partial charge in [0.1, 0.15) is 5.75 Å². The van der Waals surface area contributed by atoms with Crippen LogP contribution in [-0.4, -0.2) is 54.6 Å². The van der Waals surface area contributed by atoms with Crippen LogP contribution >= 0.6 is 0 Å². The van der Waals surface area contributed by atoms with Gasteiger partial charge in [-0.15, -0.1) is 0 Å². The molecule has 0 aromatic heterocycles. The Bertz CT molecular complexity index is 526. The van der Waals surface area contributed by atoms with Crippen LogP contribution in [0.5, 0.6) is 5.75 Å². The lowest BCUT2D eigenvalue weighted by Gasteiger charge is -2.14. The highest BCUT2D eigenvalue weighted by molar-refractivity contribution is 5.27. The number of aryl methyl sites for hydroxylation is 1. The second-order valence-electron chi connectivity index (χ2n) is 8.36. The second kappa shape index (κ2) is 20.3. The van der Waals surface area contributed by atoms with E-state index in [1.54, 1.807) is 0 Å². The monoisotopic (exact) mass is 436 g/mol. The molecule has 1 heterocycles. The largest absolute Gasteiger partial charge is 0.491 e. The minimum atomic E-state index is 0.256. The van der Waals surface area contributed by atoms with Crippen molar-refractivity contribution in [2.75, 3.05) is 33.4 Å². The van der Waals surface area contributed by atoms with Crippen molar-refractivity contribution in [3.05, 3.63) is 42.1 Å². The zero-order valence-electron chi connectivity index (χ0n) is 20.3. The molecule has 0 unspecified atom stereocenters. The van der Waals surface area contributed by atoms with Gasteiger partial charge in [0.2, 0.25) is 0 Å². The zero-order valence-corrected chi connectivity index (χ0v) is 20.3. The third-order valence-corrected chi connectivity index (χ3v) is 5.09. The summed E-state index contributed by atoms with van der Waals surface area (Å²) in [6.07, 6.45) is 12.0. The van der Waals surface area contributed by atoms with Crippen molar-refractivity contribution < 1.29 is 14.9 Å². The fraction of sp³-hybridized carbons (Fsp3) is 0.692. The lowest BCUT2D eigenvalue weighted by molar-refractivity contribution is 0.242. The van der Waals surface area contributed by atoms with Gasteiger partial charge in [-0.3, -0.25) is 0 Å². The smallest absolute Gasteiger partial charge is 0.119 e. The Morgan fingerprint density at radius 3 is 2.13 bits per heavy atom. The van der Waals surface area contributed by atoms with E-state index in [2.05, 4.69) is 49.6 Å². The molecule has 1 saturated heterocycles. The van der Waals surface area contributed by atoms with E-state index in [9.17, 15) is 0 Å². The van der Waals surface area contributed by atoms with Crippen LogP contribution in [0.4, 0.5) is 0 Å². The molecule has 5 heteroatoms. The van der Waals surface area contributed by atoms with Gasteiger partial charge in [-0.05, 0) is 96.1 Å². The van der Waals surface area contributed by atoms with Crippen LogP contribution in [0.2, 0.25) is 0 Å². The second-order valence-corrected chi connectivity index (χ2v) is 8.36. The number of nitrogens with zero attached hydrogens (tertiary/aromatic N) is 1. The van der Waals surface area contributed by atoms with E-state index in [-0.39, 0.29) is 6.10 Å². The first-order valence-electron chi connectivity index (χ1n) is 12.0. The topological polar surface area (TPSA) is 79.0 Å². The van der Waals surface area contributed by atoms with Crippen LogP contribution < -0.4 is 10.5 Å². The van der Waals surface area contributed by atoms with Gasteiger partial charge < -0.3 is 25.6 Å². The highest BCUT2D eigenvalue weighted by atomic mass is 16.5. The first-order chi connectivity index (χ1) is 15.0. The molecular weight excluding hydrogens is 388 g/mol.